The number of halogens is 1. The Morgan fingerprint density at radius 3 is 3.00 bits per heavy atom. The van der Waals surface area contributed by atoms with Crippen LogP contribution in [0.2, 0.25) is 5.02 Å². The number of anilines is 1. The Morgan fingerprint density at radius 2 is 2.26 bits per heavy atom. The minimum Gasteiger partial charge on any atom is -0.377 e. The molecule has 6 heteroatoms. The number of fused-ring (bicyclic) bond motifs is 1. The molecule has 1 aromatic rings. The first-order valence-electron chi connectivity index (χ1n) is 6.31. The highest BCUT2D eigenvalue weighted by Crippen LogP contribution is 2.40. The summed E-state index contributed by atoms with van der Waals surface area (Å²) < 4.78 is 5.65. The highest BCUT2D eigenvalue weighted by atomic mass is 35.5. The minimum absolute atomic E-state index is 0.00377. The van der Waals surface area contributed by atoms with Crippen LogP contribution in [0.3, 0.4) is 0 Å². The Kier molecular flexibility index (Phi) is 3.12. The Hall–Kier alpha value is -1.30. The summed E-state index contributed by atoms with van der Waals surface area (Å²) in [5.41, 5.74) is 12.4. The molecule has 1 aliphatic heterocycles. The van der Waals surface area contributed by atoms with Gasteiger partial charge in [-0.1, -0.05) is 17.7 Å². The fourth-order valence-electron chi connectivity index (χ4n) is 3.00. The van der Waals surface area contributed by atoms with Gasteiger partial charge in [0.05, 0.1) is 22.7 Å². The lowest BCUT2D eigenvalue weighted by atomic mass is 9.72. The lowest BCUT2D eigenvalue weighted by Crippen LogP contribution is -2.65. The van der Waals surface area contributed by atoms with E-state index in [0.717, 1.165) is 13.0 Å². The van der Waals surface area contributed by atoms with Crippen LogP contribution in [-0.2, 0) is 4.74 Å². The molecule has 3 rings (SSSR count). The number of primary amides is 1. The van der Waals surface area contributed by atoms with E-state index in [1.165, 1.54) is 0 Å². The molecule has 0 radical (unpaired) electrons. The molecule has 1 aromatic carbocycles. The Labute approximate surface area is 116 Å². The van der Waals surface area contributed by atoms with Crippen molar-refractivity contribution in [3.63, 3.8) is 0 Å². The quantitative estimate of drug-likeness (QED) is 0.770. The largest absolute Gasteiger partial charge is 0.377 e. The Balaban J connectivity index is 1.84. The zero-order valence-corrected chi connectivity index (χ0v) is 11.1. The van der Waals surface area contributed by atoms with Gasteiger partial charge in [0.25, 0.3) is 5.91 Å². The van der Waals surface area contributed by atoms with E-state index in [-0.39, 0.29) is 18.2 Å². The first-order chi connectivity index (χ1) is 9.09. The van der Waals surface area contributed by atoms with Crippen molar-refractivity contribution in [2.24, 2.45) is 17.4 Å². The molecule has 4 unspecified atom stereocenters. The van der Waals surface area contributed by atoms with Crippen LogP contribution in [0, 0.1) is 5.92 Å². The van der Waals surface area contributed by atoms with Crippen molar-refractivity contribution in [3.05, 3.63) is 28.8 Å². The minimum atomic E-state index is -0.551. The zero-order valence-electron chi connectivity index (χ0n) is 10.3. The zero-order chi connectivity index (χ0) is 13.6. The number of carbonyl (C=O) groups excluding carboxylic acids is 1. The molecule has 1 aliphatic carbocycles. The average Bonchev–Trinajstić information content (AvgIpc) is 2.80. The molecule has 5 N–H and O–H groups in total. The highest BCUT2D eigenvalue weighted by Gasteiger charge is 2.52. The van der Waals surface area contributed by atoms with Gasteiger partial charge in [0.1, 0.15) is 0 Å². The number of nitrogens with two attached hydrogens (primary N) is 2. The second kappa shape index (κ2) is 4.67. The van der Waals surface area contributed by atoms with Gasteiger partial charge >= 0.3 is 0 Å². The van der Waals surface area contributed by atoms with Crippen molar-refractivity contribution in [2.75, 3.05) is 11.9 Å². The van der Waals surface area contributed by atoms with Crippen LogP contribution in [0.15, 0.2) is 18.2 Å². The number of ether oxygens (including phenoxy) is 1. The fourth-order valence-corrected chi connectivity index (χ4v) is 3.27. The number of carbonyl (C=O) groups is 1. The third kappa shape index (κ3) is 1.98. The van der Waals surface area contributed by atoms with Crippen molar-refractivity contribution in [2.45, 2.75) is 24.6 Å². The topological polar surface area (TPSA) is 90.4 Å². The Bertz CT molecular complexity index is 523. The van der Waals surface area contributed by atoms with Gasteiger partial charge in [-0.25, -0.2) is 0 Å². The van der Waals surface area contributed by atoms with Crippen molar-refractivity contribution in [3.8, 4) is 0 Å². The molecule has 1 saturated heterocycles. The van der Waals surface area contributed by atoms with Crippen LogP contribution < -0.4 is 16.8 Å². The summed E-state index contributed by atoms with van der Waals surface area (Å²) in [4.78, 5) is 11.5. The van der Waals surface area contributed by atoms with Crippen LogP contribution in [0.25, 0.3) is 0 Å². The first kappa shape index (κ1) is 12.7. The molecule has 2 fully saturated rings. The Morgan fingerprint density at radius 1 is 1.47 bits per heavy atom. The van der Waals surface area contributed by atoms with Crippen LogP contribution in [0.5, 0.6) is 0 Å². The molecule has 5 nitrogen and oxygen atoms in total. The summed E-state index contributed by atoms with van der Waals surface area (Å²) in [7, 11) is 0. The molecule has 1 saturated carbocycles. The maximum atomic E-state index is 11.5. The molecule has 19 heavy (non-hydrogen) atoms. The number of hydrogen-bond acceptors (Lipinski definition) is 4. The van der Waals surface area contributed by atoms with Gasteiger partial charge in [-0.3, -0.25) is 4.79 Å². The van der Waals surface area contributed by atoms with E-state index in [0.29, 0.717) is 22.2 Å². The van der Waals surface area contributed by atoms with Gasteiger partial charge < -0.3 is 21.5 Å². The third-order valence-corrected chi connectivity index (χ3v) is 4.34. The molecular formula is C13H16ClN3O2. The van der Waals surface area contributed by atoms with Crippen LogP contribution in [0.4, 0.5) is 5.69 Å². The fraction of sp³-hybridized carbons (Fsp3) is 0.462. The number of amides is 1. The number of rotatable bonds is 3. The van der Waals surface area contributed by atoms with Crippen LogP contribution >= 0.6 is 11.6 Å². The van der Waals surface area contributed by atoms with E-state index in [1.807, 2.05) is 0 Å². The van der Waals surface area contributed by atoms with Gasteiger partial charge in [-0.05, 0) is 18.6 Å². The summed E-state index contributed by atoms with van der Waals surface area (Å²) in [5, 5.41) is 3.60. The first-order valence-corrected chi connectivity index (χ1v) is 6.69. The summed E-state index contributed by atoms with van der Waals surface area (Å²) >= 11 is 6.01. The van der Waals surface area contributed by atoms with E-state index in [1.54, 1.807) is 18.2 Å². The summed E-state index contributed by atoms with van der Waals surface area (Å²) in [6.45, 7) is 0.749. The van der Waals surface area contributed by atoms with Gasteiger partial charge in [0, 0.05) is 24.3 Å². The number of hydrogen-bond donors (Lipinski definition) is 3. The van der Waals surface area contributed by atoms with Crippen molar-refractivity contribution in [1.29, 1.82) is 0 Å². The smallest absolute Gasteiger partial charge is 0.252 e. The van der Waals surface area contributed by atoms with Gasteiger partial charge in [0.2, 0.25) is 0 Å². The van der Waals surface area contributed by atoms with E-state index in [9.17, 15) is 4.79 Å². The number of benzene rings is 1. The van der Waals surface area contributed by atoms with Crippen molar-refractivity contribution in [1.82, 2.24) is 0 Å². The molecule has 1 heterocycles. The van der Waals surface area contributed by atoms with E-state index in [4.69, 9.17) is 27.8 Å². The molecule has 1 amide bonds. The molecular weight excluding hydrogens is 266 g/mol. The lowest BCUT2D eigenvalue weighted by molar-refractivity contribution is 0.00535. The van der Waals surface area contributed by atoms with E-state index in [2.05, 4.69) is 5.32 Å². The predicted molar refractivity (Wildman–Crippen MR) is 73.2 cm³/mol. The normalized spacial score (nSPS) is 32.5. The van der Waals surface area contributed by atoms with Gasteiger partial charge in [-0.2, -0.15) is 0 Å². The van der Waals surface area contributed by atoms with Gasteiger partial charge in [-0.15, -0.1) is 0 Å². The second-order valence-corrected chi connectivity index (χ2v) is 5.47. The van der Waals surface area contributed by atoms with Gasteiger partial charge in [0.15, 0.2) is 0 Å². The highest BCUT2D eigenvalue weighted by molar-refractivity contribution is 6.34. The molecule has 0 bridgehead atoms. The van der Waals surface area contributed by atoms with Crippen LogP contribution in [-0.4, -0.2) is 30.7 Å². The third-order valence-electron chi connectivity index (χ3n) is 4.03. The molecule has 0 spiro atoms. The van der Waals surface area contributed by atoms with Crippen LogP contribution in [0.1, 0.15) is 16.8 Å². The standard InChI is InChI=1S/C13H16ClN3O2/c14-7-2-1-3-8(9(7)13(16)18)17-11-10(15)6-4-5-19-12(6)11/h1-3,6,10-12,17H,4-5,15H2,(H2,16,18). The van der Waals surface area contributed by atoms with E-state index >= 15 is 0 Å². The summed E-state index contributed by atoms with van der Waals surface area (Å²) in [5.74, 6) is -0.140. The maximum Gasteiger partial charge on any atom is 0.252 e. The van der Waals surface area contributed by atoms with Crippen molar-refractivity contribution >= 4 is 23.2 Å². The lowest BCUT2D eigenvalue weighted by Gasteiger charge is -2.46. The molecule has 0 aromatic heterocycles. The number of nitrogens with one attached hydrogen (secondary N) is 1. The second-order valence-electron chi connectivity index (χ2n) is 5.06. The monoisotopic (exact) mass is 281 g/mol. The average molecular weight is 282 g/mol. The summed E-state index contributed by atoms with van der Waals surface area (Å²) in [6.07, 6.45) is 1.12. The maximum absolute atomic E-state index is 11.5. The molecule has 2 aliphatic rings. The SMILES string of the molecule is NC(=O)c1c(Cl)cccc1NC1C(N)C2CCOC21. The van der Waals surface area contributed by atoms with Crippen molar-refractivity contribution < 1.29 is 9.53 Å². The summed E-state index contributed by atoms with van der Waals surface area (Å²) in [6, 6.07) is 5.23. The van der Waals surface area contributed by atoms with E-state index < -0.39 is 5.91 Å². The molecule has 4 atom stereocenters. The molecule has 102 valence electrons. The predicted octanol–water partition coefficient (Wildman–Crippen LogP) is 0.965.